The molecule has 12 aromatic rings. The molecule has 6 heteroatoms. The van der Waals surface area contributed by atoms with E-state index in [2.05, 4.69) is 197 Å². The van der Waals surface area contributed by atoms with E-state index in [1.807, 2.05) is 30.3 Å². The first-order valence-corrected chi connectivity index (χ1v) is 20.8. The highest BCUT2D eigenvalue weighted by atomic mass is 15.2. The first kappa shape index (κ1) is 35.5. The zero-order chi connectivity index (χ0) is 41.0. The van der Waals surface area contributed by atoms with Gasteiger partial charge in [-0.25, -0.2) is 9.97 Å². The lowest BCUT2D eigenvalue weighted by Crippen LogP contribution is -2.07. The second-order valence-electron chi connectivity index (χ2n) is 15.5. The Kier molecular flexibility index (Phi) is 8.38. The Morgan fingerprint density at radius 2 is 0.694 bits per heavy atom. The standard InChI is InChI=1S/C56H36N6/c1-5-17-38(18-6-1)48-35-42(36-49(57-48)39-19-7-2-8-20-39)37-29-31-41(32-30-37)55-58-54(40-21-9-3-10-22-40)59-56(60-55)62-51-28-16-14-26-45(51)47-34-33-46-44-25-13-15-27-50(44)61(52(46)53(47)62)43-23-11-4-12-24-43/h1-36H. The maximum absolute atomic E-state index is 5.37. The van der Waals surface area contributed by atoms with Gasteiger partial charge in [0.05, 0.1) is 33.5 Å². The van der Waals surface area contributed by atoms with Crippen molar-refractivity contribution in [3.05, 3.63) is 218 Å². The van der Waals surface area contributed by atoms with Crippen molar-refractivity contribution in [2.75, 3.05) is 0 Å². The predicted molar refractivity (Wildman–Crippen MR) is 253 cm³/mol. The third-order valence-corrected chi connectivity index (χ3v) is 11.8. The molecule has 4 heterocycles. The van der Waals surface area contributed by atoms with E-state index in [1.54, 1.807) is 0 Å². The lowest BCUT2D eigenvalue weighted by molar-refractivity contribution is 0.953. The summed E-state index contributed by atoms with van der Waals surface area (Å²) in [6, 6.07) is 76.1. The van der Waals surface area contributed by atoms with E-state index in [1.165, 1.54) is 5.39 Å². The average molecular weight is 793 g/mol. The zero-order valence-electron chi connectivity index (χ0n) is 33.5. The fourth-order valence-electron chi connectivity index (χ4n) is 8.89. The van der Waals surface area contributed by atoms with Crippen LogP contribution in [-0.4, -0.2) is 29.1 Å². The summed E-state index contributed by atoms with van der Waals surface area (Å²) < 4.78 is 4.62. The molecule has 290 valence electrons. The van der Waals surface area contributed by atoms with Gasteiger partial charge in [-0.2, -0.15) is 9.97 Å². The van der Waals surface area contributed by atoms with Crippen LogP contribution in [0.2, 0.25) is 0 Å². The summed E-state index contributed by atoms with van der Waals surface area (Å²) in [5.74, 6) is 1.74. The number of rotatable bonds is 7. The lowest BCUT2D eigenvalue weighted by Gasteiger charge is -2.13. The van der Waals surface area contributed by atoms with E-state index in [4.69, 9.17) is 19.9 Å². The van der Waals surface area contributed by atoms with E-state index in [0.29, 0.717) is 17.6 Å². The van der Waals surface area contributed by atoms with E-state index in [0.717, 1.165) is 88.7 Å². The molecule has 0 saturated carbocycles. The van der Waals surface area contributed by atoms with Crippen LogP contribution in [0.25, 0.3) is 112 Å². The largest absolute Gasteiger partial charge is 0.307 e. The number of pyridine rings is 1. The van der Waals surface area contributed by atoms with E-state index in [-0.39, 0.29) is 0 Å². The van der Waals surface area contributed by atoms with Gasteiger partial charge in [-0.05, 0) is 47.5 Å². The zero-order valence-corrected chi connectivity index (χ0v) is 33.5. The van der Waals surface area contributed by atoms with Crippen LogP contribution in [0.15, 0.2) is 218 Å². The molecule has 0 aliphatic carbocycles. The Hall–Kier alpha value is -8.48. The molecule has 6 nitrogen and oxygen atoms in total. The average Bonchev–Trinajstić information content (AvgIpc) is 3.88. The normalized spacial score (nSPS) is 11.5. The number of nitrogens with zero attached hydrogens (tertiary/aromatic N) is 6. The molecule has 0 atom stereocenters. The molecule has 0 fully saturated rings. The van der Waals surface area contributed by atoms with Crippen LogP contribution >= 0.6 is 0 Å². The second kappa shape index (κ2) is 14.7. The summed E-state index contributed by atoms with van der Waals surface area (Å²) >= 11 is 0. The van der Waals surface area contributed by atoms with Crippen molar-refractivity contribution in [3.8, 4) is 68.1 Å². The smallest absolute Gasteiger partial charge is 0.238 e. The van der Waals surface area contributed by atoms with Crippen molar-refractivity contribution in [2.45, 2.75) is 0 Å². The van der Waals surface area contributed by atoms with Gasteiger partial charge in [0.15, 0.2) is 11.6 Å². The first-order chi connectivity index (χ1) is 30.7. The third kappa shape index (κ3) is 5.96. The van der Waals surface area contributed by atoms with E-state index < -0.39 is 0 Å². The van der Waals surface area contributed by atoms with Gasteiger partial charge in [0.2, 0.25) is 5.95 Å². The predicted octanol–water partition coefficient (Wildman–Crippen LogP) is 13.8. The summed E-state index contributed by atoms with van der Waals surface area (Å²) in [7, 11) is 0. The molecule has 12 rings (SSSR count). The fraction of sp³-hybridized carbons (Fsp3) is 0. The fourth-order valence-corrected chi connectivity index (χ4v) is 8.89. The Morgan fingerprint density at radius 3 is 1.24 bits per heavy atom. The minimum Gasteiger partial charge on any atom is -0.307 e. The number of para-hydroxylation sites is 3. The number of hydrogen-bond acceptors (Lipinski definition) is 4. The molecule has 0 aliphatic rings. The molecule has 62 heavy (non-hydrogen) atoms. The Balaban J connectivity index is 1.08. The topological polar surface area (TPSA) is 61.4 Å². The molecule has 0 bridgehead atoms. The van der Waals surface area contributed by atoms with Gasteiger partial charge in [-0.15, -0.1) is 0 Å². The van der Waals surface area contributed by atoms with Gasteiger partial charge in [-0.3, -0.25) is 4.57 Å². The van der Waals surface area contributed by atoms with Gasteiger partial charge in [0.25, 0.3) is 0 Å². The van der Waals surface area contributed by atoms with Crippen LogP contribution in [-0.2, 0) is 0 Å². The number of aromatic nitrogens is 6. The Bertz CT molecular complexity index is 3540. The molecule has 8 aromatic carbocycles. The summed E-state index contributed by atoms with van der Waals surface area (Å²) in [6.45, 7) is 0. The molecule has 0 N–H and O–H groups in total. The lowest BCUT2D eigenvalue weighted by atomic mass is 9.99. The monoisotopic (exact) mass is 792 g/mol. The van der Waals surface area contributed by atoms with Gasteiger partial charge >= 0.3 is 0 Å². The quantitative estimate of drug-likeness (QED) is 0.161. The van der Waals surface area contributed by atoms with Crippen molar-refractivity contribution in [1.29, 1.82) is 0 Å². The molecular formula is C56H36N6. The van der Waals surface area contributed by atoms with Gasteiger partial charge < -0.3 is 4.57 Å². The van der Waals surface area contributed by atoms with Gasteiger partial charge in [0, 0.05) is 49.5 Å². The molecule has 0 aliphatic heterocycles. The van der Waals surface area contributed by atoms with E-state index in [9.17, 15) is 0 Å². The maximum Gasteiger partial charge on any atom is 0.238 e. The molecule has 0 radical (unpaired) electrons. The first-order valence-electron chi connectivity index (χ1n) is 20.8. The molecule has 0 saturated heterocycles. The Labute approximate surface area is 357 Å². The summed E-state index contributed by atoms with van der Waals surface area (Å²) in [6.07, 6.45) is 0. The van der Waals surface area contributed by atoms with Crippen molar-refractivity contribution in [1.82, 2.24) is 29.1 Å². The van der Waals surface area contributed by atoms with Crippen molar-refractivity contribution < 1.29 is 0 Å². The summed E-state index contributed by atoms with van der Waals surface area (Å²) in [5, 5.41) is 4.61. The molecule has 0 unspecified atom stereocenters. The number of fused-ring (bicyclic) bond motifs is 7. The molecular weight excluding hydrogens is 757 g/mol. The minimum absolute atomic E-state index is 0.552. The van der Waals surface area contributed by atoms with Gasteiger partial charge in [0.1, 0.15) is 0 Å². The highest BCUT2D eigenvalue weighted by Gasteiger charge is 2.23. The Morgan fingerprint density at radius 1 is 0.274 bits per heavy atom. The van der Waals surface area contributed by atoms with Crippen LogP contribution in [0, 0.1) is 0 Å². The van der Waals surface area contributed by atoms with Crippen LogP contribution < -0.4 is 0 Å². The maximum atomic E-state index is 5.37. The van der Waals surface area contributed by atoms with E-state index >= 15 is 0 Å². The van der Waals surface area contributed by atoms with Crippen LogP contribution in [0.5, 0.6) is 0 Å². The highest BCUT2D eigenvalue weighted by Crippen LogP contribution is 2.42. The summed E-state index contributed by atoms with van der Waals surface area (Å²) in [5.41, 5.74) is 13.3. The SMILES string of the molecule is c1ccc(-c2cc(-c3ccc(-c4nc(-c5ccccc5)nc(-n5c6ccccc6c6ccc7c8ccccc8n(-c8ccccc8)c7c65)n4)cc3)cc(-c3ccccc3)n2)cc1. The molecule has 4 aromatic heterocycles. The van der Waals surface area contributed by atoms with Crippen LogP contribution in [0.4, 0.5) is 0 Å². The second-order valence-corrected chi connectivity index (χ2v) is 15.5. The molecule has 0 spiro atoms. The van der Waals surface area contributed by atoms with Crippen LogP contribution in [0.3, 0.4) is 0 Å². The minimum atomic E-state index is 0.552. The highest BCUT2D eigenvalue weighted by molar-refractivity contribution is 6.23. The van der Waals surface area contributed by atoms with Crippen molar-refractivity contribution in [3.63, 3.8) is 0 Å². The number of benzene rings is 8. The molecule has 0 amide bonds. The van der Waals surface area contributed by atoms with Crippen LogP contribution in [0.1, 0.15) is 0 Å². The number of hydrogen-bond donors (Lipinski definition) is 0. The summed E-state index contributed by atoms with van der Waals surface area (Å²) in [4.78, 5) is 20.9. The van der Waals surface area contributed by atoms with Gasteiger partial charge in [-0.1, -0.05) is 182 Å². The van der Waals surface area contributed by atoms with Crippen molar-refractivity contribution in [2.24, 2.45) is 0 Å². The third-order valence-electron chi connectivity index (χ3n) is 11.8. The van der Waals surface area contributed by atoms with Crippen molar-refractivity contribution >= 4 is 43.6 Å².